The van der Waals surface area contributed by atoms with Gasteiger partial charge < -0.3 is 10.2 Å². The third-order valence-corrected chi connectivity index (χ3v) is 1.68. The van der Waals surface area contributed by atoms with Crippen molar-refractivity contribution < 1.29 is 8.81 Å². The molecule has 0 bridgehead atoms. The molecule has 3 N–H and O–H groups in total. The topological polar surface area (TPSA) is 84.9 Å². The van der Waals surface area contributed by atoms with Crippen LogP contribution in [0.1, 0.15) is 0 Å². The van der Waals surface area contributed by atoms with Crippen LogP contribution >= 0.6 is 0 Å². The van der Waals surface area contributed by atoms with Crippen molar-refractivity contribution in [3.8, 4) is 11.5 Å². The third kappa shape index (κ3) is 1.37. The number of H-pyrrole nitrogens is 1. The van der Waals surface area contributed by atoms with Gasteiger partial charge in [-0.05, 0) is 18.2 Å². The fourth-order valence-electron chi connectivity index (χ4n) is 1.07. The molecule has 0 radical (unpaired) electrons. The van der Waals surface area contributed by atoms with Gasteiger partial charge in [0.2, 0.25) is 0 Å². The zero-order chi connectivity index (χ0) is 10.1. The largest absolute Gasteiger partial charge is 0.434 e. The van der Waals surface area contributed by atoms with Gasteiger partial charge in [-0.25, -0.2) is 14.3 Å². The first-order valence-electron chi connectivity index (χ1n) is 3.78. The zero-order valence-corrected chi connectivity index (χ0v) is 6.95. The summed E-state index contributed by atoms with van der Waals surface area (Å²) in [4.78, 5) is 10.6. The molecule has 0 aliphatic carbocycles. The van der Waals surface area contributed by atoms with Crippen molar-refractivity contribution in [2.24, 2.45) is 0 Å². The number of benzene rings is 1. The minimum Gasteiger partial charge on any atom is -0.398 e. The van der Waals surface area contributed by atoms with Gasteiger partial charge in [-0.2, -0.15) is 0 Å². The van der Waals surface area contributed by atoms with Gasteiger partial charge in [0.05, 0.1) is 5.56 Å². The number of nitrogen functional groups attached to an aromatic ring is 1. The first-order valence-corrected chi connectivity index (χ1v) is 3.78. The predicted octanol–water partition coefficient (Wildman–Crippen LogP) is 0.751. The number of aromatic nitrogens is 2. The maximum Gasteiger partial charge on any atom is 0.434 e. The van der Waals surface area contributed by atoms with Gasteiger partial charge in [0.15, 0.2) is 0 Å². The Balaban J connectivity index is 2.57. The summed E-state index contributed by atoms with van der Waals surface area (Å²) in [6.45, 7) is 0. The van der Waals surface area contributed by atoms with Crippen LogP contribution < -0.4 is 11.5 Å². The molecule has 0 aliphatic heterocycles. The number of hydrogen-bond donors (Lipinski definition) is 2. The van der Waals surface area contributed by atoms with E-state index in [0.717, 1.165) is 6.07 Å². The predicted molar refractivity (Wildman–Crippen MR) is 46.9 cm³/mol. The van der Waals surface area contributed by atoms with Crippen LogP contribution in [0.5, 0.6) is 0 Å². The molecule has 0 saturated heterocycles. The molecule has 0 fully saturated rings. The lowest BCUT2D eigenvalue weighted by Gasteiger charge is -1.99. The fourth-order valence-corrected chi connectivity index (χ4v) is 1.07. The molecule has 5 nitrogen and oxygen atoms in total. The molecule has 14 heavy (non-hydrogen) atoms. The van der Waals surface area contributed by atoms with Crippen molar-refractivity contribution in [2.75, 3.05) is 5.73 Å². The monoisotopic (exact) mass is 195 g/mol. The smallest absolute Gasteiger partial charge is 0.398 e. The van der Waals surface area contributed by atoms with Crippen LogP contribution in [-0.4, -0.2) is 10.2 Å². The third-order valence-electron chi connectivity index (χ3n) is 1.68. The number of rotatable bonds is 1. The average Bonchev–Trinajstić information content (AvgIpc) is 2.51. The molecule has 1 aromatic carbocycles. The van der Waals surface area contributed by atoms with E-state index in [1.807, 2.05) is 0 Å². The van der Waals surface area contributed by atoms with Crippen LogP contribution in [0.25, 0.3) is 11.5 Å². The highest BCUT2D eigenvalue weighted by atomic mass is 19.1. The summed E-state index contributed by atoms with van der Waals surface area (Å²) in [6.07, 6.45) is 0. The highest BCUT2D eigenvalue weighted by Gasteiger charge is 2.09. The number of nitrogens with zero attached hydrogens (tertiary/aromatic N) is 1. The summed E-state index contributed by atoms with van der Waals surface area (Å²) in [6, 6.07) is 3.73. The highest BCUT2D eigenvalue weighted by Crippen LogP contribution is 2.23. The van der Waals surface area contributed by atoms with Gasteiger partial charge in [-0.3, -0.25) is 0 Å². The van der Waals surface area contributed by atoms with E-state index in [-0.39, 0.29) is 11.6 Å². The quantitative estimate of drug-likeness (QED) is 0.657. The second kappa shape index (κ2) is 2.99. The summed E-state index contributed by atoms with van der Waals surface area (Å²) in [5.41, 5.74) is 6.05. The molecule has 6 heteroatoms. The van der Waals surface area contributed by atoms with Crippen LogP contribution in [-0.2, 0) is 0 Å². The maximum absolute atomic E-state index is 12.7. The molecule has 2 rings (SSSR count). The molecule has 0 unspecified atom stereocenters. The second-order valence-corrected chi connectivity index (χ2v) is 2.65. The van der Waals surface area contributed by atoms with E-state index in [9.17, 15) is 9.18 Å². The second-order valence-electron chi connectivity index (χ2n) is 2.65. The van der Waals surface area contributed by atoms with Crippen molar-refractivity contribution in [1.82, 2.24) is 10.2 Å². The number of nitrogens with one attached hydrogen (secondary N) is 1. The lowest BCUT2D eigenvalue weighted by atomic mass is 10.2. The standard InChI is InChI=1S/C8H6FN3O2/c9-4-1-2-5(6(10)3-4)7-11-12-8(13)14-7/h1-3H,10H2,(H,12,13). The maximum atomic E-state index is 12.7. The van der Waals surface area contributed by atoms with E-state index < -0.39 is 11.6 Å². The molecule has 0 aliphatic rings. The summed E-state index contributed by atoms with van der Waals surface area (Å²) in [5.74, 6) is -1.08. The van der Waals surface area contributed by atoms with Gasteiger partial charge in [0, 0.05) is 5.69 Å². The minimum atomic E-state index is -0.677. The number of halogens is 1. The van der Waals surface area contributed by atoms with Crippen molar-refractivity contribution in [2.45, 2.75) is 0 Å². The van der Waals surface area contributed by atoms with Gasteiger partial charge in [0.25, 0.3) is 5.89 Å². The van der Waals surface area contributed by atoms with Crippen molar-refractivity contribution in [3.63, 3.8) is 0 Å². The first kappa shape index (κ1) is 8.49. The molecule has 0 atom stereocenters. The SMILES string of the molecule is Nc1cc(F)ccc1-c1n[nH]c(=O)o1. The molecule has 1 heterocycles. The summed E-state index contributed by atoms with van der Waals surface area (Å²) < 4.78 is 17.3. The van der Waals surface area contributed by atoms with Crippen LogP contribution in [0.15, 0.2) is 27.4 Å². The van der Waals surface area contributed by atoms with Crippen molar-refractivity contribution in [3.05, 3.63) is 34.6 Å². The van der Waals surface area contributed by atoms with Gasteiger partial charge in [-0.15, -0.1) is 5.10 Å². The van der Waals surface area contributed by atoms with Crippen molar-refractivity contribution in [1.29, 1.82) is 0 Å². The lowest BCUT2D eigenvalue weighted by molar-refractivity contribution is 0.527. The molecule has 0 spiro atoms. The summed E-state index contributed by atoms with van der Waals surface area (Å²) in [7, 11) is 0. The van der Waals surface area contributed by atoms with E-state index in [2.05, 4.69) is 14.6 Å². The number of nitrogens with two attached hydrogens (primary N) is 1. The Morgan fingerprint density at radius 3 is 2.86 bits per heavy atom. The van der Waals surface area contributed by atoms with Crippen LogP contribution in [0.3, 0.4) is 0 Å². The van der Waals surface area contributed by atoms with E-state index in [4.69, 9.17) is 5.73 Å². The number of anilines is 1. The number of hydrogen-bond acceptors (Lipinski definition) is 4. The first-order chi connectivity index (χ1) is 6.66. The normalized spacial score (nSPS) is 10.4. The molecule has 72 valence electrons. The van der Waals surface area contributed by atoms with Crippen LogP contribution in [0.2, 0.25) is 0 Å². The Morgan fingerprint density at radius 1 is 1.50 bits per heavy atom. The Hall–Kier alpha value is -2.11. The van der Waals surface area contributed by atoms with Gasteiger partial charge >= 0.3 is 5.76 Å². The molecule has 1 aromatic heterocycles. The van der Waals surface area contributed by atoms with Crippen LogP contribution in [0.4, 0.5) is 10.1 Å². The summed E-state index contributed by atoms with van der Waals surface area (Å²) >= 11 is 0. The molecule has 0 saturated carbocycles. The Bertz CT molecular complexity index is 517. The Kier molecular flexibility index (Phi) is 1.81. The molecular formula is C8H6FN3O2. The zero-order valence-electron chi connectivity index (χ0n) is 6.95. The van der Waals surface area contributed by atoms with Gasteiger partial charge in [0.1, 0.15) is 5.82 Å². The lowest BCUT2D eigenvalue weighted by Crippen LogP contribution is -1.94. The molecule has 0 amide bonds. The summed E-state index contributed by atoms with van der Waals surface area (Å²) in [5, 5.41) is 5.66. The fraction of sp³-hybridized carbons (Fsp3) is 0. The van der Waals surface area contributed by atoms with Crippen molar-refractivity contribution >= 4 is 5.69 Å². The van der Waals surface area contributed by atoms with E-state index in [1.165, 1.54) is 12.1 Å². The van der Waals surface area contributed by atoms with Gasteiger partial charge in [-0.1, -0.05) is 0 Å². The van der Waals surface area contributed by atoms with E-state index >= 15 is 0 Å². The molecule has 2 aromatic rings. The highest BCUT2D eigenvalue weighted by molar-refractivity contribution is 5.69. The average molecular weight is 195 g/mol. The Labute approximate surface area is 77.4 Å². The molecular weight excluding hydrogens is 189 g/mol. The number of aromatic amines is 1. The Morgan fingerprint density at radius 2 is 2.29 bits per heavy atom. The van der Waals surface area contributed by atoms with E-state index in [1.54, 1.807) is 0 Å². The minimum absolute atomic E-state index is 0.0486. The van der Waals surface area contributed by atoms with Crippen LogP contribution in [0, 0.1) is 5.82 Å². The van der Waals surface area contributed by atoms with E-state index in [0.29, 0.717) is 5.56 Å².